The predicted molar refractivity (Wildman–Crippen MR) is 89.8 cm³/mol. The van der Waals surface area contributed by atoms with Crippen molar-refractivity contribution < 1.29 is 19.7 Å². The number of alkyl carbamates (subject to hydrolysis) is 1. The van der Waals surface area contributed by atoms with E-state index in [9.17, 15) is 19.8 Å². The van der Waals surface area contributed by atoms with E-state index < -0.39 is 23.9 Å². The number of nitrogens with one attached hydrogen (secondary N) is 2. The van der Waals surface area contributed by atoms with Gasteiger partial charge in [0.25, 0.3) is 0 Å². The quantitative estimate of drug-likeness (QED) is 0.676. The van der Waals surface area contributed by atoms with Gasteiger partial charge in [0.2, 0.25) is 5.56 Å². The van der Waals surface area contributed by atoms with Crippen LogP contribution in [0.3, 0.4) is 0 Å². The number of benzene rings is 1. The summed E-state index contributed by atoms with van der Waals surface area (Å²) in [5.41, 5.74) is -0.438. The monoisotopic (exact) mass is 334 g/mol. The largest absolute Gasteiger partial charge is 0.444 e. The molecule has 0 radical (unpaired) electrons. The van der Waals surface area contributed by atoms with Crippen molar-refractivity contribution in [3.63, 3.8) is 0 Å². The molecule has 0 bridgehead atoms. The fourth-order valence-corrected chi connectivity index (χ4v) is 2.20. The van der Waals surface area contributed by atoms with Crippen molar-refractivity contribution in [3.05, 3.63) is 46.4 Å². The molecule has 0 aliphatic carbocycles. The van der Waals surface area contributed by atoms with Crippen LogP contribution in [0.15, 0.2) is 35.3 Å². The van der Waals surface area contributed by atoms with E-state index in [0.717, 1.165) is 5.39 Å². The maximum Gasteiger partial charge on any atom is 0.407 e. The molecule has 2 rings (SSSR count). The number of ether oxygens (including phenoxy) is 1. The minimum Gasteiger partial charge on any atom is -0.444 e. The molecule has 1 aromatic carbocycles. The van der Waals surface area contributed by atoms with Gasteiger partial charge in [-0.3, -0.25) is 4.79 Å². The van der Waals surface area contributed by atoms with Crippen molar-refractivity contribution >= 4 is 16.9 Å². The first-order chi connectivity index (χ1) is 11.2. The summed E-state index contributed by atoms with van der Waals surface area (Å²) in [6.45, 7) is 5.03. The zero-order chi connectivity index (χ0) is 17.9. The molecule has 7 heteroatoms. The zero-order valence-corrected chi connectivity index (χ0v) is 13.9. The fourth-order valence-electron chi connectivity index (χ4n) is 2.20. The topological polar surface area (TPSA) is 112 Å². The van der Waals surface area contributed by atoms with E-state index in [2.05, 4.69) is 10.3 Å². The number of amides is 1. The number of fused-ring (bicyclic) bond motifs is 1. The van der Waals surface area contributed by atoms with Gasteiger partial charge in [0.05, 0.1) is 0 Å². The van der Waals surface area contributed by atoms with Crippen molar-refractivity contribution in [2.75, 3.05) is 6.54 Å². The van der Waals surface area contributed by atoms with Crippen molar-refractivity contribution in [1.29, 1.82) is 0 Å². The first-order valence-electron chi connectivity index (χ1n) is 7.61. The van der Waals surface area contributed by atoms with Crippen molar-refractivity contribution in [2.24, 2.45) is 0 Å². The Kier molecular flexibility index (Phi) is 5.26. The van der Waals surface area contributed by atoms with Crippen LogP contribution in [0.2, 0.25) is 0 Å². The summed E-state index contributed by atoms with van der Waals surface area (Å²) in [4.78, 5) is 25.5. The molecule has 2 unspecified atom stereocenters. The Morgan fingerprint density at radius 3 is 2.62 bits per heavy atom. The fraction of sp³-hybridized carbons (Fsp3) is 0.412. The van der Waals surface area contributed by atoms with Gasteiger partial charge in [-0.05, 0) is 43.2 Å². The Hall–Kier alpha value is -2.38. The number of rotatable bonds is 4. The first-order valence-corrected chi connectivity index (χ1v) is 7.61. The highest BCUT2D eigenvalue weighted by Gasteiger charge is 2.21. The number of pyridine rings is 1. The van der Waals surface area contributed by atoms with Gasteiger partial charge in [0, 0.05) is 18.8 Å². The van der Waals surface area contributed by atoms with Gasteiger partial charge in [-0.1, -0.05) is 12.1 Å². The minimum absolute atomic E-state index is 0.163. The lowest BCUT2D eigenvalue weighted by molar-refractivity contribution is 0.0130. The van der Waals surface area contributed by atoms with E-state index >= 15 is 0 Å². The smallest absolute Gasteiger partial charge is 0.407 e. The molecule has 0 aliphatic heterocycles. The molecule has 2 atom stereocenters. The number of carbonyl (C=O) groups is 1. The maximum absolute atomic E-state index is 11.6. The number of aliphatic hydroxyl groups excluding tert-OH is 2. The summed E-state index contributed by atoms with van der Waals surface area (Å²) < 4.78 is 5.06. The highest BCUT2D eigenvalue weighted by molar-refractivity contribution is 5.82. The summed E-state index contributed by atoms with van der Waals surface area (Å²) in [5.74, 6) is 0. The third kappa shape index (κ3) is 4.81. The van der Waals surface area contributed by atoms with Crippen LogP contribution < -0.4 is 10.9 Å². The molecule has 130 valence electrons. The van der Waals surface area contributed by atoms with Crippen LogP contribution in [0.1, 0.15) is 32.4 Å². The lowest BCUT2D eigenvalue weighted by atomic mass is 10.0. The maximum atomic E-state index is 11.6. The van der Waals surface area contributed by atoms with Gasteiger partial charge in [-0.25, -0.2) is 4.79 Å². The van der Waals surface area contributed by atoms with Crippen LogP contribution in [-0.2, 0) is 4.74 Å². The normalized spacial score (nSPS) is 14.2. The van der Waals surface area contributed by atoms with Gasteiger partial charge in [0.15, 0.2) is 0 Å². The van der Waals surface area contributed by atoms with Gasteiger partial charge < -0.3 is 25.3 Å². The lowest BCUT2D eigenvalue weighted by Gasteiger charge is -2.22. The third-order valence-corrected chi connectivity index (χ3v) is 3.33. The van der Waals surface area contributed by atoms with E-state index in [0.29, 0.717) is 10.9 Å². The molecule has 0 aliphatic rings. The second-order valence-corrected chi connectivity index (χ2v) is 6.58. The average Bonchev–Trinajstić information content (AvgIpc) is 2.49. The first kappa shape index (κ1) is 18.0. The predicted octanol–water partition coefficient (Wildman–Crippen LogP) is 1.45. The molecule has 0 fully saturated rings. The van der Waals surface area contributed by atoms with Crippen LogP contribution in [0.4, 0.5) is 4.79 Å². The Morgan fingerprint density at radius 1 is 1.25 bits per heavy atom. The number of aromatic nitrogens is 1. The van der Waals surface area contributed by atoms with Gasteiger partial charge in [-0.15, -0.1) is 0 Å². The Bertz CT molecular complexity index is 778. The Labute approximate surface area is 139 Å². The molecular formula is C17H22N2O5. The SMILES string of the molecule is CC(C)(C)OC(=O)NCC(O)C(O)c1ccc2c[nH]c(=O)cc2c1. The molecule has 0 spiro atoms. The molecule has 2 aromatic rings. The van der Waals surface area contributed by atoms with Crippen LogP contribution in [0.25, 0.3) is 10.8 Å². The second kappa shape index (κ2) is 7.02. The molecule has 24 heavy (non-hydrogen) atoms. The average molecular weight is 334 g/mol. The lowest BCUT2D eigenvalue weighted by Crippen LogP contribution is -2.38. The van der Waals surface area contributed by atoms with Gasteiger partial charge in [0.1, 0.15) is 17.8 Å². The molecule has 7 nitrogen and oxygen atoms in total. The van der Waals surface area contributed by atoms with Gasteiger partial charge in [-0.2, -0.15) is 0 Å². The number of aromatic amines is 1. The third-order valence-electron chi connectivity index (χ3n) is 3.33. The highest BCUT2D eigenvalue weighted by atomic mass is 16.6. The number of aliphatic hydroxyl groups is 2. The zero-order valence-electron chi connectivity index (χ0n) is 13.9. The van der Waals surface area contributed by atoms with E-state index in [1.54, 1.807) is 45.2 Å². The van der Waals surface area contributed by atoms with E-state index in [1.807, 2.05) is 0 Å². The Balaban J connectivity index is 2.03. The Morgan fingerprint density at radius 2 is 1.96 bits per heavy atom. The van der Waals surface area contributed by atoms with Crippen LogP contribution >= 0.6 is 0 Å². The summed E-state index contributed by atoms with van der Waals surface area (Å²) in [7, 11) is 0. The number of hydrogen-bond acceptors (Lipinski definition) is 5. The molecule has 4 N–H and O–H groups in total. The van der Waals surface area contributed by atoms with E-state index in [4.69, 9.17) is 4.74 Å². The van der Waals surface area contributed by atoms with Crippen LogP contribution in [0, 0.1) is 0 Å². The van der Waals surface area contributed by atoms with E-state index in [-0.39, 0.29) is 12.1 Å². The van der Waals surface area contributed by atoms with Gasteiger partial charge >= 0.3 is 6.09 Å². The molecule has 0 saturated heterocycles. The van der Waals surface area contributed by atoms with Crippen molar-refractivity contribution in [2.45, 2.75) is 38.6 Å². The standard InChI is InChI=1S/C17H22N2O5/c1-17(2,3)24-16(23)19-9-13(20)15(22)10-4-5-11-8-18-14(21)7-12(11)6-10/h4-8,13,15,20,22H,9H2,1-3H3,(H,18,21)(H,19,23). The summed E-state index contributed by atoms with van der Waals surface area (Å²) in [6, 6.07) is 6.43. The number of carbonyl (C=O) groups excluding carboxylic acids is 1. The molecular weight excluding hydrogens is 312 g/mol. The van der Waals surface area contributed by atoms with Crippen molar-refractivity contribution in [1.82, 2.24) is 10.3 Å². The molecule has 1 amide bonds. The summed E-state index contributed by atoms with van der Waals surface area (Å²) in [5, 5.41) is 24.2. The minimum atomic E-state index is -1.21. The second-order valence-electron chi connectivity index (χ2n) is 6.58. The number of hydrogen-bond donors (Lipinski definition) is 4. The highest BCUT2D eigenvalue weighted by Crippen LogP contribution is 2.21. The summed E-state index contributed by atoms with van der Waals surface area (Å²) >= 11 is 0. The van der Waals surface area contributed by atoms with Crippen molar-refractivity contribution in [3.8, 4) is 0 Å². The summed E-state index contributed by atoms with van der Waals surface area (Å²) in [6.07, 6.45) is -1.51. The number of H-pyrrole nitrogens is 1. The molecule has 0 saturated carbocycles. The van der Waals surface area contributed by atoms with E-state index in [1.165, 1.54) is 6.07 Å². The molecule has 1 heterocycles. The van der Waals surface area contributed by atoms with Crippen LogP contribution in [-0.4, -0.2) is 39.5 Å². The van der Waals surface area contributed by atoms with Crippen LogP contribution in [0.5, 0.6) is 0 Å². The molecule has 1 aromatic heterocycles.